The summed E-state index contributed by atoms with van der Waals surface area (Å²) in [5.41, 5.74) is 1.99. The molecule has 0 N–H and O–H groups in total. The van der Waals surface area contributed by atoms with Gasteiger partial charge in [-0.3, -0.25) is 0 Å². The number of anilines is 1. The lowest BCUT2D eigenvalue weighted by molar-refractivity contribution is 0.727. The van der Waals surface area contributed by atoms with Crippen LogP contribution in [0.15, 0.2) is 30.6 Å². The fourth-order valence-corrected chi connectivity index (χ4v) is 0.956. The van der Waals surface area contributed by atoms with Crippen molar-refractivity contribution in [3.8, 4) is 0 Å². The van der Waals surface area contributed by atoms with E-state index in [1.807, 2.05) is 43.3 Å². The number of nitrogens with zero attached hydrogens (tertiary/aromatic N) is 1. The highest BCUT2D eigenvalue weighted by Crippen LogP contribution is 2.12. The van der Waals surface area contributed by atoms with Crippen LogP contribution in [0.5, 0.6) is 0 Å². The molecule has 1 aromatic carbocycles. The van der Waals surface area contributed by atoms with E-state index in [0.29, 0.717) is 6.33 Å². The number of halogens is 1. The second-order valence-corrected chi connectivity index (χ2v) is 2.78. The Labute approximate surface area is 72.1 Å². The first-order valence-corrected chi connectivity index (χ1v) is 3.78. The third kappa shape index (κ3) is 2.09. The Morgan fingerprint density at radius 3 is 2.17 bits per heavy atom. The number of rotatable bonds is 2. The van der Waals surface area contributed by atoms with Crippen molar-refractivity contribution >= 4 is 11.8 Å². The molecule has 0 bridgehead atoms. The zero-order valence-electron chi connectivity index (χ0n) is 7.29. The van der Waals surface area contributed by atoms with E-state index < -0.39 is 0 Å². The van der Waals surface area contributed by atoms with Crippen LogP contribution in [0.3, 0.4) is 0 Å². The van der Waals surface area contributed by atoms with Gasteiger partial charge in [0.15, 0.2) is 0 Å². The highest BCUT2D eigenvalue weighted by molar-refractivity contribution is 5.54. The van der Waals surface area contributed by atoms with Crippen LogP contribution >= 0.6 is 0 Å². The van der Waals surface area contributed by atoms with Crippen LogP contribution in [-0.4, -0.2) is 14.1 Å². The van der Waals surface area contributed by atoms with Crippen LogP contribution in [-0.2, 0) is 0 Å². The third-order valence-corrected chi connectivity index (χ3v) is 1.66. The first kappa shape index (κ1) is 8.78. The molecule has 1 rings (SSSR count). The van der Waals surface area contributed by atoms with Gasteiger partial charge in [-0.2, -0.15) is 0 Å². The van der Waals surface area contributed by atoms with Gasteiger partial charge in [-0.15, -0.1) is 0 Å². The first-order chi connectivity index (χ1) is 5.74. The molecule has 0 heterocycles. The maximum atomic E-state index is 11.7. The van der Waals surface area contributed by atoms with Gasteiger partial charge in [-0.05, 0) is 23.8 Å². The Morgan fingerprint density at radius 2 is 1.75 bits per heavy atom. The molecule has 1 aromatic rings. The maximum Gasteiger partial charge on any atom is 0.0872 e. The molecule has 0 aliphatic heterocycles. The second-order valence-electron chi connectivity index (χ2n) is 2.78. The normalized spacial score (nSPS) is 10.6. The Balaban J connectivity index is 2.85. The van der Waals surface area contributed by atoms with Crippen molar-refractivity contribution in [2.24, 2.45) is 0 Å². The quantitative estimate of drug-likeness (QED) is 0.651. The van der Waals surface area contributed by atoms with E-state index in [2.05, 4.69) is 0 Å². The van der Waals surface area contributed by atoms with Crippen LogP contribution in [0.25, 0.3) is 6.08 Å². The van der Waals surface area contributed by atoms with Crippen LogP contribution in [0, 0.1) is 0 Å². The molecule has 64 valence electrons. The van der Waals surface area contributed by atoms with Crippen molar-refractivity contribution in [1.82, 2.24) is 0 Å². The van der Waals surface area contributed by atoms with Gasteiger partial charge < -0.3 is 4.90 Å². The van der Waals surface area contributed by atoms with Crippen molar-refractivity contribution in [2.75, 3.05) is 19.0 Å². The van der Waals surface area contributed by atoms with Crippen molar-refractivity contribution in [3.63, 3.8) is 0 Å². The zero-order valence-corrected chi connectivity index (χ0v) is 7.29. The summed E-state index contributed by atoms with van der Waals surface area (Å²) >= 11 is 0. The van der Waals surface area contributed by atoms with E-state index in [-0.39, 0.29) is 0 Å². The fraction of sp³-hybridized carbons (Fsp3) is 0.200. The fourth-order valence-electron chi connectivity index (χ4n) is 0.956. The summed E-state index contributed by atoms with van der Waals surface area (Å²) in [6.45, 7) is 0. The molecule has 0 saturated carbocycles. The van der Waals surface area contributed by atoms with E-state index >= 15 is 0 Å². The molecule has 0 amide bonds. The Kier molecular flexibility index (Phi) is 2.86. The number of hydrogen-bond donors (Lipinski definition) is 0. The SMILES string of the molecule is CN(C)c1ccc(/C=C/F)cc1. The van der Waals surface area contributed by atoms with Gasteiger partial charge in [0, 0.05) is 19.8 Å². The topological polar surface area (TPSA) is 3.24 Å². The van der Waals surface area contributed by atoms with E-state index in [1.54, 1.807) is 0 Å². The van der Waals surface area contributed by atoms with Crippen LogP contribution < -0.4 is 4.90 Å². The van der Waals surface area contributed by atoms with Gasteiger partial charge in [0.25, 0.3) is 0 Å². The highest BCUT2D eigenvalue weighted by Gasteiger charge is 1.92. The molecule has 12 heavy (non-hydrogen) atoms. The summed E-state index contributed by atoms with van der Waals surface area (Å²) < 4.78 is 11.7. The molecule has 0 radical (unpaired) electrons. The lowest BCUT2D eigenvalue weighted by Crippen LogP contribution is -2.07. The summed E-state index contributed by atoms with van der Waals surface area (Å²) in [7, 11) is 3.94. The van der Waals surface area contributed by atoms with Crippen LogP contribution in [0.1, 0.15) is 5.56 Å². The summed E-state index contributed by atoms with van der Waals surface area (Å²) in [6, 6.07) is 7.67. The molecule has 2 heteroatoms. The van der Waals surface area contributed by atoms with Crippen molar-refractivity contribution in [3.05, 3.63) is 36.2 Å². The van der Waals surface area contributed by atoms with Gasteiger partial charge >= 0.3 is 0 Å². The summed E-state index contributed by atoms with van der Waals surface area (Å²) in [6.07, 6.45) is 1.98. The standard InChI is InChI=1S/C10H12FN/c1-12(2)10-5-3-9(4-6-10)7-8-11/h3-8H,1-2H3/b8-7+. The summed E-state index contributed by atoms with van der Waals surface area (Å²) in [4.78, 5) is 2.00. The van der Waals surface area contributed by atoms with Gasteiger partial charge in [-0.25, -0.2) is 4.39 Å². The minimum absolute atomic E-state index is 0.546. The number of benzene rings is 1. The smallest absolute Gasteiger partial charge is 0.0872 e. The Bertz CT molecular complexity index is 262. The van der Waals surface area contributed by atoms with Crippen LogP contribution in [0.2, 0.25) is 0 Å². The average Bonchev–Trinajstić information content (AvgIpc) is 2.06. The highest BCUT2D eigenvalue weighted by atomic mass is 19.1. The molecule has 0 aromatic heterocycles. The van der Waals surface area contributed by atoms with Gasteiger partial charge in [0.1, 0.15) is 0 Å². The first-order valence-electron chi connectivity index (χ1n) is 3.78. The molecule has 1 nitrogen and oxygen atoms in total. The van der Waals surface area contributed by atoms with Gasteiger partial charge in [0.2, 0.25) is 0 Å². The lowest BCUT2D eigenvalue weighted by Gasteiger charge is -2.11. The molecule has 0 saturated heterocycles. The molecule has 0 unspecified atom stereocenters. The zero-order chi connectivity index (χ0) is 8.97. The van der Waals surface area contributed by atoms with Crippen LogP contribution in [0.4, 0.5) is 10.1 Å². The van der Waals surface area contributed by atoms with E-state index in [4.69, 9.17) is 0 Å². The Hall–Kier alpha value is -1.31. The average molecular weight is 165 g/mol. The lowest BCUT2D eigenvalue weighted by atomic mass is 10.2. The molecule has 0 spiro atoms. The predicted molar refractivity (Wildman–Crippen MR) is 50.9 cm³/mol. The summed E-state index contributed by atoms with van der Waals surface area (Å²) in [5.74, 6) is 0. The predicted octanol–water partition coefficient (Wildman–Crippen LogP) is 2.69. The number of hydrogen-bond acceptors (Lipinski definition) is 1. The minimum Gasteiger partial charge on any atom is -0.378 e. The van der Waals surface area contributed by atoms with Gasteiger partial charge in [-0.1, -0.05) is 12.1 Å². The minimum atomic E-state index is 0.546. The molecule has 0 atom stereocenters. The van der Waals surface area contributed by atoms with E-state index in [1.165, 1.54) is 6.08 Å². The largest absolute Gasteiger partial charge is 0.378 e. The maximum absolute atomic E-state index is 11.7. The van der Waals surface area contributed by atoms with E-state index in [9.17, 15) is 4.39 Å². The molecular weight excluding hydrogens is 153 g/mol. The molecule has 0 fully saturated rings. The summed E-state index contributed by atoms with van der Waals surface area (Å²) in [5, 5.41) is 0. The Morgan fingerprint density at radius 1 is 1.17 bits per heavy atom. The van der Waals surface area contributed by atoms with Crippen molar-refractivity contribution < 1.29 is 4.39 Å². The molecule has 0 aliphatic carbocycles. The van der Waals surface area contributed by atoms with Crippen molar-refractivity contribution in [2.45, 2.75) is 0 Å². The molecule has 0 aliphatic rings. The van der Waals surface area contributed by atoms with Gasteiger partial charge in [0.05, 0.1) is 6.33 Å². The monoisotopic (exact) mass is 165 g/mol. The second kappa shape index (κ2) is 3.90. The molecular formula is C10H12FN. The third-order valence-electron chi connectivity index (χ3n) is 1.66. The van der Waals surface area contributed by atoms with Crippen molar-refractivity contribution in [1.29, 1.82) is 0 Å². The van der Waals surface area contributed by atoms with E-state index in [0.717, 1.165) is 11.3 Å².